The molecule has 0 bridgehead atoms. The number of aromatic nitrogens is 3. The predicted molar refractivity (Wildman–Crippen MR) is 93.4 cm³/mol. The van der Waals surface area contributed by atoms with Gasteiger partial charge in [-0.25, -0.2) is 9.97 Å². The summed E-state index contributed by atoms with van der Waals surface area (Å²) in [5.41, 5.74) is 1.81. The normalized spacial score (nSPS) is 21.4. The third kappa shape index (κ3) is 3.47. The predicted octanol–water partition coefficient (Wildman–Crippen LogP) is 0.765. The summed E-state index contributed by atoms with van der Waals surface area (Å²) in [6.45, 7) is 5.69. The number of amides is 1. The summed E-state index contributed by atoms with van der Waals surface area (Å²) in [6, 6.07) is 2.54. The van der Waals surface area contributed by atoms with Crippen molar-refractivity contribution in [3.05, 3.63) is 36.9 Å². The number of nitrogens with one attached hydrogen (secondary N) is 2. The lowest BCUT2D eigenvalue weighted by Crippen LogP contribution is -2.56. The van der Waals surface area contributed by atoms with Crippen LogP contribution >= 0.6 is 0 Å². The molecule has 7 nitrogen and oxygen atoms in total. The Kier molecular flexibility index (Phi) is 4.92. The number of aromatic amines is 1. The molecule has 0 spiro atoms. The zero-order valence-electron chi connectivity index (χ0n) is 14.2. The van der Waals surface area contributed by atoms with E-state index in [0.29, 0.717) is 19.1 Å². The van der Waals surface area contributed by atoms with Gasteiger partial charge in [-0.3, -0.25) is 4.79 Å². The van der Waals surface area contributed by atoms with Crippen molar-refractivity contribution in [1.82, 2.24) is 30.1 Å². The van der Waals surface area contributed by atoms with Gasteiger partial charge >= 0.3 is 0 Å². The minimum Gasteiger partial charge on any atom is -0.346 e. The van der Waals surface area contributed by atoms with Crippen LogP contribution in [0.15, 0.2) is 31.2 Å². The maximum Gasteiger partial charge on any atom is 0.246 e. The highest BCUT2D eigenvalue weighted by atomic mass is 16.2. The van der Waals surface area contributed by atoms with Crippen LogP contribution in [0.2, 0.25) is 0 Å². The van der Waals surface area contributed by atoms with Gasteiger partial charge in [-0.15, -0.1) is 0 Å². The number of hydrogen-bond acceptors (Lipinski definition) is 5. The van der Waals surface area contributed by atoms with Gasteiger partial charge in [-0.05, 0) is 32.7 Å². The van der Waals surface area contributed by atoms with Crippen LogP contribution in [0.1, 0.15) is 12.1 Å². The number of likely N-dealkylation sites (tertiary alicyclic amines) is 1. The van der Waals surface area contributed by atoms with Gasteiger partial charge in [0.15, 0.2) is 0 Å². The molecule has 0 saturated carbocycles. The smallest absolute Gasteiger partial charge is 0.246 e. The maximum absolute atomic E-state index is 12.0. The topological polar surface area (TPSA) is 77.1 Å². The third-order valence-electron chi connectivity index (χ3n) is 4.64. The molecule has 0 aromatic carbocycles. The fourth-order valence-electron chi connectivity index (χ4n) is 3.21. The molecule has 1 amide bonds. The lowest BCUT2D eigenvalue weighted by atomic mass is 9.99. The van der Waals surface area contributed by atoms with Crippen molar-refractivity contribution >= 4 is 16.9 Å². The van der Waals surface area contributed by atoms with E-state index in [1.54, 1.807) is 6.33 Å². The van der Waals surface area contributed by atoms with Crippen molar-refractivity contribution in [3.8, 4) is 0 Å². The SMILES string of the molecule is C=CC(=O)N1CC(NCc2ncnc3[nH]ccc23)CC(N(C)C)C1. The first-order chi connectivity index (χ1) is 11.6. The molecule has 2 N–H and O–H groups in total. The van der Waals surface area contributed by atoms with Crippen molar-refractivity contribution in [2.75, 3.05) is 27.2 Å². The fourth-order valence-corrected chi connectivity index (χ4v) is 3.21. The van der Waals surface area contributed by atoms with Crippen molar-refractivity contribution in [2.45, 2.75) is 25.0 Å². The number of H-pyrrole nitrogens is 1. The summed E-state index contributed by atoms with van der Waals surface area (Å²) in [5.74, 6) is -0.0107. The Morgan fingerprint density at radius 3 is 3.08 bits per heavy atom. The first-order valence-corrected chi connectivity index (χ1v) is 8.16. The van der Waals surface area contributed by atoms with E-state index in [9.17, 15) is 4.79 Å². The van der Waals surface area contributed by atoms with Crippen molar-refractivity contribution in [2.24, 2.45) is 0 Å². The van der Waals surface area contributed by atoms with E-state index < -0.39 is 0 Å². The van der Waals surface area contributed by atoms with E-state index in [-0.39, 0.29) is 11.9 Å². The second-order valence-electron chi connectivity index (χ2n) is 6.44. The van der Waals surface area contributed by atoms with Gasteiger partial charge in [-0.2, -0.15) is 0 Å². The minimum atomic E-state index is -0.0107. The Balaban J connectivity index is 1.70. The Labute approximate surface area is 141 Å². The molecule has 3 rings (SSSR count). The van der Waals surface area contributed by atoms with Gasteiger partial charge in [-0.1, -0.05) is 6.58 Å². The summed E-state index contributed by atoms with van der Waals surface area (Å²) in [5, 5.41) is 4.59. The van der Waals surface area contributed by atoms with Crippen LogP contribution in [0, 0.1) is 0 Å². The summed E-state index contributed by atoms with van der Waals surface area (Å²) < 4.78 is 0. The lowest BCUT2D eigenvalue weighted by Gasteiger charge is -2.40. The zero-order valence-corrected chi connectivity index (χ0v) is 14.2. The minimum absolute atomic E-state index is 0.0107. The molecule has 2 unspecified atom stereocenters. The molecule has 1 aliphatic heterocycles. The number of fused-ring (bicyclic) bond motifs is 1. The average molecular weight is 328 g/mol. The van der Waals surface area contributed by atoms with Gasteiger partial charge in [0.1, 0.15) is 12.0 Å². The van der Waals surface area contributed by atoms with Crippen LogP contribution in [0.4, 0.5) is 0 Å². The maximum atomic E-state index is 12.0. The van der Waals surface area contributed by atoms with Crippen molar-refractivity contribution in [3.63, 3.8) is 0 Å². The Bertz CT molecular complexity index is 725. The summed E-state index contributed by atoms with van der Waals surface area (Å²) in [7, 11) is 4.11. The molecular formula is C17H24N6O. The van der Waals surface area contributed by atoms with E-state index in [2.05, 4.69) is 45.8 Å². The summed E-state index contributed by atoms with van der Waals surface area (Å²) >= 11 is 0. The molecular weight excluding hydrogens is 304 g/mol. The van der Waals surface area contributed by atoms with Crippen LogP contribution in [0.25, 0.3) is 11.0 Å². The monoisotopic (exact) mass is 328 g/mol. The van der Waals surface area contributed by atoms with Gasteiger partial charge in [0.2, 0.25) is 5.91 Å². The van der Waals surface area contributed by atoms with Crippen LogP contribution in [0.5, 0.6) is 0 Å². The standard InChI is InChI=1S/C17H24N6O/c1-4-16(24)23-9-12(7-13(10-23)22(2)3)19-8-15-14-5-6-18-17(14)21-11-20-15/h4-6,11-13,19H,1,7-10H2,2-3H3,(H,18,20,21). The second-order valence-corrected chi connectivity index (χ2v) is 6.44. The molecule has 1 aliphatic rings. The third-order valence-corrected chi connectivity index (χ3v) is 4.64. The average Bonchev–Trinajstić information content (AvgIpc) is 3.08. The highest BCUT2D eigenvalue weighted by Gasteiger charge is 2.30. The van der Waals surface area contributed by atoms with Crippen molar-refractivity contribution < 1.29 is 4.79 Å². The lowest BCUT2D eigenvalue weighted by molar-refractivity contribution is -0.128. The molecule has 2 aromatic rings. The van der Waals surface area contributed by atoms with Gasteiger partial charge in [0.05, 0.1) is 5.69 Å². The molecule has 7 heteroatoms. The van der Waals surface area contributed by atoms with E-state index in [1.807, 2.05) is 17.2 Å². The number of likely N-dealkylation sites (N-methyl/N-ethyl adjacent to an activating group) is 1. The number of rotatable bonds is 5. The highest BCUT2D eigenvalue weighted by Crippen LogP contribution is 2.17. The van der Waals surface area contributed by atoms with Crippen LogP contribution in [0.3, 0.4) is 0 Å². The number of carbonyl (C=O) groups is 1. The van der Waals surface area contributed by atoms with Crippen LogP contribution < -0.4 is 5.32 Å². The number of nitrogens with zero attached hydrogens (tertiary/aromatic N) is 4. The van der Waals surface area contributed by atoms with Gasteiger partial charge < -0.3 is 20.1 Å². The van der Waals surface area contributed by atoms with E-state index in [4.69, 9.17) is 0 Å². The first kappa shape index (κ1) is 16.6. The molecule has 2 atom stereocenters. The fraction of sp³-hybridized carbons (Fsp3) is 0.471. The number of hydrogen-bond donors (Lipinski definition) is 2. The summed E-state index contributed by atoms with van der Waals surface area (Å²) in [6.07, 6.45) is 5.83. The molecule has 2 aromatic heterocycles. The molecule has 1 fully saturated rings. The number of carbonyl (C=O) groups excluding carboxylic acids is 1. The Morgan fingerprint density at radius 1 is 1.50 bits per heavy atom. The van der Waals surface area contributed by atoms with Crippen molar-refractivity contribution in [1.29, 1.82) is 0 Å². The van der Waals surface area contributed by atoms with E-state index in [0.717, 1.165) is 29.7 Å². The van der Waals surface area contributed by atoms with Gasteiger partial charge in [0.25, 0.3) is 0 Å². The second kappa shape index (κ2) is 7.11. The molecule has 0 radical (unpaired) electrons. The largest absolute Gasteiger partial charge is 0.346 e. The van der Waals surface area contributed by atoms with Gasteiger partial charge in [0, 0.05) is 43.3 Å². The van der Waals surface area contributed by atoms with E-state index >= 15 is 0 Å². The quantitative estimate of drug-likeness (QED) is 0.793. The number of piperidine rings is 1. The Morgan fingerprint density at radius 2 is 2.33 bits per heavy atom. The molecule has 128 valence electrons. The highest BCUT2D eigenvalue weighted by molar-refractivity contribution is 5.87. The van der Waals surface area contributed by atoms with E-state index in [1.165, 1.54) is 6.08 Å². The van der Waals surface area contributed by atoms with Crippen LogP contribution in [-0.4, -0.2) is 69.9 Å². The molecule has 24 heavy (non-hydrogen) atoms. The molecule has 3 heterocycles. The molecule has 0 aliphatic carbocycles. The zero-order chi connectivity index (χ0) is 17.1. The molecule has 1 saturated heterocycles. The Hall–Kier alpha value is -2.25. The summed E-state index contributed by atoms with van der Waals surface area (Å²) in [4.78, 5) is 27.8. The van der Waals surface area contributed by atoms with Crippen LogP contribution in [-0.2, 0) is 11.3 Å². The first-order valence-electron chi connectivity index (χ1n) is 8.16.